The number of rotatable bonds is 2. The van der Waals surface area contributed by atoms with Crippen molar-refractivity contribution < 1.29 is 13.5 Å². The van der Waals surface area contributed by atoms with Gasteiger partial charge < -0.3 is 5.11 Å². The minimum Gasteiger partial charge on any atom is -0.386 e. The molecule has 2 unspecified atom stereocenters. The molecule has 4 nitrogen and oxygen atoms in total. The van der Waals surface area contributed by atoms with Gasteiger partial charge in [-0.05, 0) is 28.4 Å². The van der Waals surface area contributed by atoms with Crippen LogP contribution in [-0.4, -0.2) is 25.0 Å². The zero-order valence-corrected chi connectivity index (χ0v) is 13.0. The van der Waals surface area contributed by atoms with Crippen molar-refractivity contribution in [3.8, 4) is 6.07 Å². The summed E-state index contributed by atoms with van der Waals surface area (Å²) in [5, 5.41) is 19.5. The summed E-state index contributed by atoms with van der Waals surface area (Å²) in [5.41, 5.74) is -1.26. The van der Waals surface area contributed by atoms with Crippen LogP contribution in [0.3, 0.4) is 0 Å². The Morgan fingerprint density at radius 3 is 2.72 bits per heavy atom. The number of halogens is 2. The number of aliphatic hydroxyl groups excluding tert-OH is 1. The van der Waals surface area contributed by atoms with Gasteiger partial charge in [-0.1, -0.05) is 11.6 Å². The number of thiophene rings is 1. The predicted octanol–water partition coefficient (Wildman–Crippen LogP) is 2.53. The van der Waals surface area contributed by atoms with Gasteiger partial charge in [-0.2, -0.15) is 5.26 Å². The quantitative estimate of drug-likeness (QED) is 0.867. The molecule has 0 bridgehead atoms. The van der Waals surface area contributed by atoms with Crippen molar-refractivity contribution in [2.24, 2.45) is 5.41 Å². The first kappa shape index (κ1) is 14.3. The summed E-state index contributed by atoms with van der Waals surface area (Å²) in [6, 6.07) is 3.61. The lowest BCUT2D eigenvalue weighted by atomic mass is 9.82. The monoisotopic (exact) mass is 369 g/mol. The second-order valence-corrected chi connectivity index (χ2v) is 9.01. The average molecular weight is 371 g/mol. The molecule has 2 atom stereocenters. The van der Waals surface area contributed by atoms with Crippen LogP contribution in [0, 0.1) is 16.7 Å². The normalized spacial score (nSPS) is 27.9. The summed E-state index contributed by atoms with van der Waals surface area (Å²) in [6.07, 6.45) is -0.978. The van der Waals surface area contributed by atoms with E-state index in [1.54, 1.807) is 6.07 Å². The van der Waals surface area contributed by atoms with E-state index in [1.807, 2.05) is 6.07 Å². The highest BCUT2D eigenvalue weighted by atomic mass is 79.9. The molecule has 1 N–H and O–H groups in total. The molecule has 1 aromatic rings. The van der Waals surface area contributed by atoms with Crippen molar-refractivity contribution >= 4 is 48.7 Å². The maximum atomic E-state index is 11.5. The molecule has 8 heteroatoms. The van der Waals surface area contributed by atoms with Gasteiger partial charge in [0.1, 0.15) is 15.9 Å². The predicted molar refractivity (Wildman–Crippen MR) is 73.3 cm³/mol. The summed E-state index contributed by atoms with van der Waals surface area (Å²) in [5.74, 6) is -0.358. The van der Waals surface area contributed by atoms with Crippen LogP contribution in [-0.2, 0) is 9.84 Å². The van der Waals surface area contributed by atoms with Crippen LogP contribution in [0.1, 0.15) is 17.4 Å². The number of nitriles is 1. The van der Waals surface area contributed by atoms with Gasteiger partial charge >= 0.3 is 0 Å². The van der Waals surface area contributed by atoms with Gasteiger partial charge in [0, 0.05) is 9.35 Å². The molecule has 0 saturated carbocycles. The number of hydrogen-bond acceptors (Lipinski definition) is 5. The number of hydrogen-bond donors (Lipinski definition) is 1. The number of aliphatic hydroxyl groups is 1. The molecule has 2 rings (SSSR count). The Hall–Kier alpha value is -0.130. The lowest BCUT2D eigenvalue weighted by molar-refractivity contribution is 0.0825. The molecule has 18 heavy (non-hydrogen) atoms. The molecule has 1 aromatic heterocycles. The highest BCUT2D eigenvalue weighted by Crippen LogP contribution is 2.46. The van der Waals surface area contributed by atoms with E-state index >= 15 is 0 Å². The molecule has 0 aliphatic carbocycles. The minimum atomic E-state index is -3.24. The molecule has 1 aliphatic rings. The van der Waals surface area contributed by atoms with E-state index in [0.29, 0.717) is 13.7 Å². The zero-order valence-electron chi connectivity index (χ0n) is 9.06. The molecule has 0 spiro atoms. The van der Waals surface area contributed by atoms with Crippen molar-refractivity contribution in [1.82, 2.24) is 0 Å². The second kappa shape index (κ2) is 4.76. The first-order valence-corrected chi connectivity index (χ1v) is 8.85. The Morgan fingerprint density at radius 2 is 2.33 bits per heavy atom. The van der Waals surface area contributed by atoms with E-state index < -0.39 is 21.4 Å². The summed E-state index contributed by atoms with van der Waals surface area (Å²) >= 11 is 10.3. The summed E-state index contributed by atoms with van der Waals surface area (Å²) < 4.78 is 24.1. The standard InChI is InChI=1S/C10H9BrClNO3S2/c11-6-3-7(17-9(6)12)8(14)10(4-13)1-2-18(15,16)5-10/h3,8,14H,1-2,5H2. The molecule has 1 saturated heterocycles. The van der Waals surface area contributed by atoms with E-state index in [9.17, 15) is 18.8 Å². The van der Waals surface area contributed by atoms with Crippen LogP contribution < -0.4 is 0 Å². The van der Waals surface area contributed by atoms with Gasteiger partial charge in [-0.3, -0.25) is 0 Å². The number of nitrogens with zero attached hydrogens (tertiary/aromatic N) is 1. The largest absolute Gasteiger partial charge is 0.386 e. The zero-order chi connectivity index (χ0) is 13.6. The van der Waals surface area contributed by atoms with Gasteiger partial charge in [-0.25, -0.2) is 8.42 Å². The Bertz CT molecular complexity index is 602. The maximum Gasteiger partial charge on any atom is 0.152 e. The first-order valence-electron chi connectivity index (χ1n) is 5.04. The summed E-state index contributed by atoms with van der Waals surface area (Å²) in [7, 11) is -3.24. The summed E-state index contributed by atoms with van der Waals surface area (Å²) in [4.78, 5) is 0.505. The molecule has 1 fully saturated rings. The highest BCUT2D eigenvalue weighted by Gasteiger charge is 2.49. The fraction of sp³-hybridized carbons (Fsp3) is 0.500. The van der Waals surface area contributed by atoms with Crippen LogP contribution in [0.2, 0.25) is 4.34 Å². The van der Waals surface area contributed by atoms with E-state index in [-0.39, 0.29) is 17.9 Å². The van der Waals surface area contributed by atoms with E-state index in [2.05, 4.69) is 15.9 Å². The van der Waals surface area contributed by atoms with Gasteiger partial charge in [0.05, 0.1) is 17.6 Å². The molecule has 98 valence electrons. The molecular formula is C10H9BrClNO3S2. The van der Waals surface area contributed by atoms with Crippen molar-refractivity contribution in [2.45, 2.75) is 12.5 Å². The Labute approximate surface area is 122 Å². The lowest BCUT2D eigenvalue weighted by Crippen LogP contribution is -2.28. The Morgan fingerprint density at radius 1 is 1.67 bits per heavy atom. The summed E-state index contributed by atoms with van der Waals surface area (Å²) in [6.45, 7) is 0. The Kier molecular flexibility index (Phi) is 3.78. The van der Waals surface area contributed by atoms with Crippen molar-refractivity contribution in [3.63, 3.8) is 0 Å². The van der Waals surface area contributed by atoms with Crippen LogP contribution in [0.4, 0.5) is 0 Å². The van der Waals surface area contributed by atoms with Crippen LogP contribution in [0.5, 0.6) is 0 Å². The van der Waals surface area contributed by atoms with E-state index in [4.69, 9.17) is 11.6 Å². The van der Waals surface area contributed by atoms with Gasteiger partial charge in [-0.15, -0.1) is 11.3 Å². The maximum absolute atomic E-state index is 11.5. The van der Waals surface area contributed by atoms with Gasteiger partial charge in [0.25, 0.3) is 0 Å². The fourth-order valence-electron chi connectivity index (χ4n) is 2.01. The highest BCUT2D eigenvalue weighted by molar-refractivity contribution is 9.10. The van der Waals surface area contributed by atoms with Crippen LogP contribution in [0.15, 0.2) is 10.5 Å². The van der Waals surface area contributed by atoms with Gasteiger partial charge in [0.2, 0.25) is 0 Å². The third-order valence-electron chi connectivity index (χ3n) is 3.02. The van der Waals surface area contributed by atoms with Gasteiger partial charge in [0.15, 0.2) is 9.84 Å². The molecule has 1 aliphatic heterocycles. The topological polar surface area (TPSA) is 78.2 Å². The fourth-order valence-corrected chi connectivity index (χ4v) is 5.82. The van der Waals surface area contributed by atoms with E-state index in [1.165, 1.54) is 0 Å². The molecular weight excluding hydrogens is 362 g/mol. The van der Waals surface area contributed by atoms with Crippen LogP contribution >= 0.6 is 38.9 Å². The molecule has 2 heterocycles. The second-order valence-electron chi connectivity index (χ2n) is 4.28. The third kappa shape index (κ3) is 2.45. The Balaban J connectivity index is 2.38. The SMILES string of the molecule is N#CC1(C(O)c2cc(Br)c(Cl)s2)CCS(=O)(=O)C1. The molecule has 0 amide bonds. The average Bonchev–Trinajstić information content (AvgIpc) is 2.80. The van der Waals surface area contributed by atoms with Crippen molar-refractivity contribution in [3.05, 3.63) is 19.8 Å². The first-order chi connectivity index (χ1) is 8.30. The minimum absolute atomic E-state index is 0.0576. The van der Waals surface area contributed by atoms with E-state index in [0.717, 1.165) is 11.3 Å². The van der Waals surface area contributed by atoms with Crippen LogP contribution in [0.25, 0.3) is 0 Å². The molecule has 0 aromatic carbocycles. The van der Waals surface area contributed by atoms with Crippen molar-refractivity contribution in [1.29, 1.82) is 5.26 Å². The number of sulfone groups is 1. The smallest absolute Gasteiger partial charge is 0.152 e. The lowest BCUT2D eigenvalue weighted by Gasteiger charge is -2.24. The third-order valence-corrected chi connectivity index (χ3v) is 7.32. The molecule has 0 radical (unpaired) electrons. The van der Waals surface area contributed by atoms with Crippen molar-refractivity contribution in [2.75, 3.05) is 11.5 Å².